The first kappa shape index (κ1) is 14.9. The van der Waals surface area contributed by atoms with E-state index < -0.39 is 0 Å². The fraction of sp³-hybridized carbons (Fsp3) is 0.562. The van der Waals surface area contributed by atoms with Gasteiger partial charge in [-0.15, -0.1) is 0 Å². The second-order valence-electron chi connectivity index (χ2n) is 5.43. The number of amides is 1. The van der Waals surface area contributed by atoms with E-state index >= 15 is 0 Å². The van der Waals surface area contributed by atoms with Gasteiger partial charge in [-0.25, -0.2) is 0 Å². The minimum Gasteiger partial charge on any atom is -0.492 e. The Morgan fingerprint density at radius 3 is 3.00 bits per heavy atom. The predicted octanol–water partition coefficient (Wildman–Crippen LogP) is 1.97. The Balaban J connectivity index is 1.74. The molecule has 0 unspecified atom stereocenters. The maximum absolute atomic E-state index is 12.2. The van der Waals surface area contributed by atoms with E-state index in [1.54, 1.807) is 4.90 Å². The van der Waals surface area contributed by atoms with E-state index in [9.17, 15) is 4.79 Å². The normalized spacial score (nSPS) is 18.6. The van der Waals surface area contributed by atoms with Crippen molar-refractivity contribution in [2.75, 3.05) is 26.7 Å². The van der Waals surface area contributed by atoms with E-state index in [-0.39, 0.29) is 11.9 Å². The number of carbonyl (C=O) groups is 1. The monoisotopic (exact) mass is 276 g/mol. The molecule has 1 fully saturated rings. The molecule has 4 nitrogen and oxygen atoms in total. The summed E-state index contributed by atoms with van der Waals surface area (Å²) >= 11 is 0. The van der Waals surface area contributed by atoms with Crippen LogP contribution in [0.1, 0.15) is 24.8 Å². The first-order valence-corrected chi connectivity index (χ1v) is 7.34. The van der Waals surface area contributed by atoms with E-state index in [0.29, 0.717) is 13.2 Å². The molecule has 4 heteroatoms. The number of benzene rings is 1. The third-order valence-electron chi connectivity index (χ3n) is 3.67. The molecule has 1 aliphatic heterocycles. The van der Waals surface area contributed by atoms with Crippen LogP contribution in [0.3, 0.4) is 0 Å². The second-order valence-corrected chi connectivity index (χ2v) is 5.43. The summed E-state index contributed by atoms with van der Waals surface area (Å²) in [6.45, 7) is 4.13. The molecule has 1 atom stereocenters. The fourth-order valence-electron chi connectivity index (χ4n) is 2.44. The molecule has 1 aliphatic rings. The lowest BCUT2D eigenvalue weighted by molar-refractivity contribution is -0.133. The number of aryl methyl sites for hydroxylation is 1. The Hall–Kier alpha value is -1.55. The summed E-state index contributed by atoms with van der Waals surface area (Å²) in [5, 5.41) is 3.28. The lowest BCUT2D eigenvalue weighted by atomic mass is 10.0. The topological polar surface area (TPSA) is 41.6 Å². The summed E-state index contributed by atoms with van der Waals surface area (Å²) < 4.78 is 5.68. The minimum absolute atomic E-state index is 0.00674. The van der Waals surface area contributed by atoms with E-state index in [0.717, 1.165) is 25.1 Å². The molecule has 20 heavy (non-hydrogen) atoms. The van der Waals surface area contributed by atoms with Gasteiger partial charge in [-0.05, 0) is 44.0 Å². The largest absolute Gasteiger partial charge is 0.492 e. The second kappa shape index (κ2) is 7.29. The third-order valence-corrected chi connectivity index (χ3v) is 3.67. The van der Waals surface area contributed by atoms with Gasteiger partial charge in [0.15, 0.2) is 0 Å². The van der Waals surface area contributed by atoms with Crippen molar-refractivity contribution in [3.63, 3.8) is 0 Å². The molecule has 110 valence electrons. The number of rotatable bonds is 5. The molecule has 1 heterocycles. The van der Waals surface area contributed by atoms with Crippen molar-refractivity contribution in [3.8, 4) is 5.75 Å². The van der Waals surface area contributed by atoms with Crippen LogP contribution in [0.2, 0.25) is 0 Å². The molecule has 0 spiro atoms. The molecule has 1 aromatic carbocycles. The van der Waals surface area contributed by atoms with Crippen molar-refractivity contribution in [2.24, 2.45) is 0 Å². The van der Waals surface area contributed by atoms with Gasteiger partial charge < -0.3 is 15.0 Å². The fourth-order valence-corrected chi connectivity index (χ4v) is 2.44. The number of carbonyl (C=O) groups excluding carboxylic acids is 1. The predicted molar refractivity (Wildman–Crippen MR) is 80.0 cm³/mol. The van der Waals surface area contributed by atoms with Crippen LogP contribution in [-0.2, 0) is 4.79 Å². The number of hydrogen-bond acceptors (Lipinski definition) is 3. The van der Waals surface area contributed by atoms with Gasteiger partial charge >= 0.3 is 0 Å². The van der Waals surface area contributed by atoms with Crippen LogP contribution in [0.5, 0.6) is 5.75 Å². The molecule has 1 amide bonds. The smallest absolute Gasteiger partial charge is 0.239 e. The summed E-state index contributed by atoms with van der Waals surface area (Å²) in [6.07, 6.45) is 3.25. The Morgan fingerprint density at radius 2 is 2.30 bits per heavy atom. The molecule has 0 saturated carbocycles. The quantitative estimate of drug-likeness (QED) is 0.894. The van der Waals surface area contributed by atoms with Crippen molar-refractivity contribution in [2.45, 2.75) is 32.2 Å². The number of ether oxygens (including phenoxy) is 1. The highest BCUT2D eigenvalue weighted by Crippen LogP contribution is 2.12. The van der Waals surface area contributed by atoms with Crippen LogP contribution in [0.25, 0.3) is 0 Å². The first-order chi connectivity index (χ1) is 9.66. The molecular weight excluding hydrogens is 252 g/mol. The Labute approximate surface area is 121 Å². The van der Waals surface area contributed by atoms with Crippen LogP contribution >= 0.6 is 0 Å². The summed E-state index contributed by atoms with van der Waals surface area (Å²) in [4.78, 5) is 14.0. The molecule has 0 aliphatic carbocycles. The van der Waals surface area contributed by atoms with Gasteiger partial charge in [-0.2, -0.15) is 0 Å². The average molecular weight is 276 g/mol. The van der Waals surface area contributed by atoms with Gasteiger partial charge in [0, 0.05) is 7.05 Å². The Bertz CT molecular complexity index is 442. The molecule has 1 N–H and O–H groups in total. The Kier molecular flexibility index (Phi) is 5.41. The van der Waals surface area contributed by atoms with E-state index in [1.165, 1.54) is 12.0 Å². The number of piperidine rings is 1. The lowest BCUT2D eigenvalue weighted by Crippen LogP contribution is -2.48. The highest BCUT2D eigenvalue weighted by atomic mass is 16.5. The van der Waals surface area contributed by atoms with Gasteiger partial charge in [-0.1, -0.05) is 18.6 Å². The number of hydrogen-bond donors (Lipinski definition) is 1. The van der Waals surface area contributed by atoms with Crippen molar-refractivity contribution in [3.05, 3.63) is 29.8 Å². The van der Waals surface area contributed by atoms with Crippen molar-refractivity contribution < 1.29 is 9.53 Å². The van der Waals surface area contributed by atoms with Gasteiger partial charge in [0.25, 0.3) is 0 Å². The number of nitrogens with one attached hydrogen (secondary N) is 1. The maximum Gasteiger partial charge on any atom is 0.239 e. The van der Waals surface area contributed by atoms with Crippen LogP contribution in [0.4, 0.5) is 0 Å². The molecule has 1 saturated heterocycles. The van der Waals surface area contributed by atoms with E-state index in [4.69, 9.17) is 4.74 Å². The van der Waals surface area contributed by atoms with Crippen LogP contribution in [0, 0.1) is 6.92 Å². The van der Waals surface area contributed by atoms with E-state index in [2.05, 4.69) is 5.32 Å². The SMILES string of the molecule is Cc1cccc(OCCN(C)C(=O)[C@H]2CCCCN2)c1. The zero-order chi connectivity index (χ0) is 14.4. The zero-order valence-corrected chi connectivity index (χ0v) is 12.4. The molecule has 0 radical (unpaired) electrons. The molecule has 2 rings (SSSR count). The highest BCUT2D eigenvalue weighted by molar-refractivity contribution is 5.81. The molecule has 1 aromatic rings. The summed E-state index contributed by atoms with van der Waals surface area (Å²) in [5.41, 5.74) is 1.18. The van der Waals surface area contributed by atoms with Crippen molar-refractivity contribution >= 4 is 5.91 Å². The number of nitrogens with zero attached hydrogens (tertiary/aromatic N) is 1. The summed E-state index contributed by atoms with van der Waals surface area (Å²) in [6, 6.07) is 7.96. The Morgan fingerprint density at radius 1 is 1.45 bits per heavy atom. The molecule has 0 bridgehead atoms. The zero-order valence-electron chi connectivity index (χ0n) is 12.4. The first-order valence-electron chi connectivity index (χ1n) is 7.34. The molecular formula is C16H24N2O2. The standard InChI is InChI=1S/C16H24N2O2/c1-13-6-5-7-14(12-13)20-11-10-18(2)16(19)15-8-3-4-9-17-15/h5-7,12,15,17H,3-4,8-11H2,1-2H3/t15-/m1/s1. The summed E-state index contributed by atoms with van der Waals surface area (Å²) in [5.74, 6) is 1.04. The maximum atomic E-state index is 12.2. The van der Waals surface area contributed by atoms with Crippen LogP contribution in [-0.4, -0.2) is 43.6 Å². The third kappa shape index (κ3) is 4.23. The minimum atomic E-state index is -0.00674. The van der Waals surface area contributed by atoms with Gasteiger partial charge in [0.1, 0.15) is 12.4 Å². The van der Waals surface area contributed by atoms with Gasteiger partial charge in [0.2, 0.25) is 5.91 Å². The lowest BCUT2D eigenvalue weighted by Gasteiger charge is -2.27. The molecule has 0 aromatic heterocycles. The van der Waals surface area contributed by atoms with E-state index in [1.807, 2.05) is 38.2 Å². The summed E-state index contributed by atoms with van der Waals surface area (Å²) in [7, 11) is 1.85. The van der Waals surface area contributed by atoms with Crippen molar-refractivity contribution in [1.29, 1.82) is 0 Å². The van der Waals surface area contributed by atoms with Gasteiger partial charge in [0.05, 0.1) is 12.6 Å². The van der Waals surface area contributed by atoms with Crippen molar-refractivity contribution in [1.82, 2.24) is 10.2 Å². The highest BCUT2D eigenvalue weighted by Gasteiger charge is 2.23. The van der Waals surface area contributed by atoms with Crippen LogP contribution < -0.4 is 10.1 Å². The average Bonchev–Trinajstić information content (AvgIpc) is 2.47. The van der Waals surface area contributed by atoms with Crippen LogP contribution in [0.15, 0.2) is 24.3 Å². The van der Waals surface area contributed by atoms with Gasteiger partial charge in [-0.3, -0.25) is 4.79 Å². The number of likely N-dealkylation sites (N-methyl/N-ethyl adjacent to an activating group) is 1.